The Labute approximate surface area is 440 Å². The first kappa shape index (κ1) is 51.9. The van der Waals surface area contributed by atoms with Crippen LogP contribution in [0.5, 0.6) is 0 Å². The van der Waals surface area contributed by atoms with Gasteiger partial charge in [0.25, 0.3) is 0 Å². The Morgan fingerprint density at radius 2 is 1.27 bits per heavy atom. The van der Waals surface area contributed by atoms with Crippen LogP contribution in [0.4, 0.5) is 32.6 Å². The molecule has 74 heavy (non-hydrogen) atoms. The van der Waals surface area contributed by atoms with Crippen LogP contribution in [0.15, 0.2) is 65.8 Å². The lowest BCUT2D eigenvalue weighted by Crippen LogP contribution is -2.39. The monoisotopic (exact) mass is 1080 g/mol. The Morgan fingerprint density at radius 3 is 1.85 bits per heavy atom. The maximum absolute atomic E-state index is 14.3. The summed E-state index contributed by atoms with van der Waals surface area (Å²) in [5, 5.41) is 30.2. The van der Waals surface area contributed by atoms with Crippen LogP contribution in [0.2, 0.25) is 0 Å². The van der Waals surface area contributed by atoms with Crippen molar-refractivity contribution in [2.45, 2.75) is 164 Å². The third-order valence-corrected chi connectivity index (χ3v) is 22.7. The number of anilines is 4. The molecular formula is C53H67N10O7PS3. The summed E-state index contributed by atoms with van der Waals surface area (Å²) in [6.07, 6.45) is 15.2. The molecule has 4 fully saturated rings. The van der Waals surface area contributed by atoms with Crippen molar-refractivity contribution in [3.05, 3.63) is 82.3 Å². The third kappa shape index (κ3) is 12.4. The Morgan fingerprint density at radius 1 is 0.716 bits per heavy atom. The van der Waals surface area contributed by atoms with Gasteiger partial charge in [0.05, 0.1) is 36.0 Å². The number of carbonyl (C=O) groups is 2. The van der Waals surface area contributed by atoms with E-state index in [1.54, 1.807) is 34.9 Å². The highest BCUT2D eigenvalue weighted by Crippen LogP contribution is 2.54. The van der Waals surface area contributed by atoms with E-state index in [-0.39, 0.29) is 47.5 Å². The van der Waals surface area contributed by atoms with E-state index in [0.717, 1.165) is 130 Å². The largest absolute Gasteiger partial charge is 0.447 e. The molecule has 1 saturated heterocycles. The molecule has 3 saturated carbocycles. The molecule has 6 aromatic rings. The van der Waals surface area contributed by atoms with Gasteiger partial charge in [-0.05, 0) is 142 Å². The second-order valence-corrected chi connectivity index (χ2v) is 28.4. The summed E-state index contributed by atoms with van der Waals surface area (Å²) in [5.74, 6) is 1.81. The number of nitrogens with zero attached hydrogens (tertiary/aromatic N) is 4. The number of thiazole rings is 2. The summed E-state index contributed by atoms with van der Waals surface area (Å²) in [4.78, 5) is 37.0. The number of rotatable bonds is 18. The van der Waals surface area contributed by atoms with Crippen molar-refractivity contribution < 1.29 is 32.0 Å². The molecule has 3 aliphatic carbocycles. The van der Waals surface area contributed by atoms with E-state index in [9.17, 15) is 22.6 Å². The highest BCUT2D eigenvalue weighted by molar-refractivity contribution is 7.92. The topological polar surface area (TPSA) is 235 Å². The van der Waals surface area contributed by atoms with E-state index in [2.05, 4.69) is 53.8 Å². The van der Waals surface area contributed by atoms with E-state index in [4.69, 9.17) is 19.4 Å². The smallest absolute Gasteiger partial charge is 0.407 e. The number of aromatic nitrogens is 6. The van der Waals surface area contributed by atoms with Gasteiger partial charge in [-0.1, -0.05) is 12.1 Å². The molecule has 2 aromatic carbocycles. The molecule has 4 aliphatic rings. The van der Waals surface area contributed by atoms with Crippen molar-refractivity contribution in [2.75, 3.05) is 23.0 Å². The number of alkyl carbamates (subject to hydrolysis) is 2. The van der Waals surface area contributed by atoms with Gasteiger partial charge in [0, 0.05) is 100.0 Å². The summed E-state index contributed by atoms with van der Waals surface area (Å²) in [7, 11) is -6.11. The predicted molar refractivity (Wildman–Crippen MR) is 292 cm³/mol. The molecular weight excluding hydrogens is 1020 g/mol. The predicted octanol–water partition coefficient (Wildman–Crippen LogP) is 11.8. The normalized spacial score (nSPS) is 21.3. The minimum Gasteiger partial charge on any atom is -0.447 e. The van der Waals surface area contributed by atoms with Crippen LogP contribution in [0.3, 0.4) is 0 Å². The number of hydrogen-bond acceptors (Lipinski definition) is 15. The van der Waals surface area contributed by atoms with Crippen LogP contribution in [0.25, 0.3) is 20.9 Å². The highest BCUT2D eigenvalue weighted by Gasteiger charge is 2.39. The van der Waals surface area contributed by atoms with Gasteiger partial charge in [-0.15, -0.1) is 22.7 Å². The number of nitrogens with one attached hydrogen (secondary N) is 6. The number of hydrogen-bond donors (Lipinski definition) is 6. The maximum atomic E-state index is 14.3. The number of aromatic amines is 2. The molecule has 10 rings (SSSR count). The van der Waals surface area contributed by atoms with Gasteiger partial charge in [-0.25, -0.2) is 28.0 Å². The molecule has 5 heterocycles. The first-order valence-corrected chi connectivity index (χ1v) is 31.5. The zero-order valence-corrected chi connectivity index (χ0v) is 45.8. The van der Waals surface area contributed by atoms with Gasteiger partial charge in [-0.2, -0.15) is 10.2 Å². The fourth-order valence-corrected chi connectivity index (χ4v) is 18.0. The summed E-state index contributed by atoms with van der Waals surface area (Å²) in [6, 6.07) is 15.5. The molecule has 1 unspecified atom stereocenters. The average molecular weight is 1080 g/mol. The van der Waals surface area contributed by atoms with Gasteiger partial charge < -0.3 is 35.3 Å². The van der Waals surface area contributed by atoms with E-state index in [1.807, 2.05) is 64.2 Å². The minimum absolute atomic E-state index is 0.0146. The van der Waals surface area contributed by atoms with Gasteiger partial charge in [0.1, 0.15) is 13.2 Å². The fraction of sp³-hybridized carbons (Fsp3) is 0.509. The van der Waals surface area contributed by atoms with Crippen molar-refractivity contribution in [1.29, 1.82) is 0 Å². The van der Waals surface area contributed by atoms with Crippen molar-refractivity contribution in [3.8, 4) is 20.9 Å². The van der Waals surface area contributed by atoms with Gasteiger partial charge >= 0.3 is 12.2 Å². The van der Waals surface area contributed by atoms with E-state index >= 15 is 0 Å². The standard InChI is InChI=1S/C53H67N10O7PS3/c1-31(2)69-52(64)58-36-13-8-35(9-14-36)51-55-30-46(73-51)43-22-18-39(27-47(43)74(67,68)41-19-20-41)57-49-28-40(61-63-49)12-7-33(4)70-53(65)59-37-15-10-34(11-16-37)50-54-29-45(72-50)42-21-17-38(56-48-25-32(3)60-62-48)26-44(42)71(66)23-5-6-24-71/h17-18,21-22,25-31,33-37,41H,5-16,19-20,23-24H2,1-4H3,(H,58,64)(H,59,65)(H2,56,60,62)(H2,57,61,63)/t33?,34-,35-,36-,37-. The zero-order valence-electron chi connectivity index (χ0n) is 42.4. The number of benzene rings is 2. The van der Waals surface area contributed by atoms with Crippen LogP contribution in [0, 0.1) is 6.92 Å². The van der Waals surface area contributed by atoms with Gasteiger partial charge in [0.15, 0.2) is 21.5 Å². The van der Waals surface area contributed by atoms with Crippen LogP contribution < -0.4 is 26.6 Å². The third-order valence-electron chi connectivity index (χ3n) is 14.7. The number of carbonyl (C=O) groups excluding carboxylic acids is 2. The van der Waals surface area contributed by atoms with Crippen LogP contribution >= 0.6 is 29.8 Å². The van der Waals surface area contributed by atoms with E-state index in [1.165, 1.54) is 0 Å². The van der Waals surface area contributed by atoms with Crippen LogP contribution in [-0.2, 0) is 30.3 Å². The molecule has 4 aromatic heterocycles. The second-order valence-electron chi connectivity index (χ2n) is 20.9. The Kier molecular flexibility index (Phi) is 15.7. The molecule has 21 heteroatoms. The number of H-pyrrole nitrogens is 2. The SMILES string of the molecule is Cc1cc(Nc2ccc(-c3cnc([C@H]4CC[C@H](NC(=O)OC(C)CCc5cc(Nc6ccc(-c7cnc([C@H]8CC[C@H](NC(=O)OC(C)C)CC8)s7)c(S(=O)(=O)C7CC7)c6)n[nH]5)CC4)s3)c(P3(=O)CCCC3)c2)n[nH]1. The number of amides is 2. The average Bonchev–Trinajstić information content (AvgIpc) is 3.91. The van der Waals surface area contributed by atoms with E-state index < -0.39 is 23.1 Å². The molecule has 2 amide bonds. The van der Waals surface area contributed by atoms with Gasteiger partial charge in [-0.3, -0.25) is 10.2 Å². The minimum atomic E-state index is -3.57. The molecule has 6 N–H and O–H groups in total. The number of sulfone groups is 1. The van der Waals surface area contributed by atoms with Gasteiger partial charge in [0.2, 0.25) is 0 Å². The second kappa shape index (κ2) is 22.3. The molecule has 394 valence electrons. The first-order valence-electron chi connectivity index (χ1n) is 26.2. The zero-order chi connectivity index (χ0) is 51.6. The molecule has 1 atom stereocenters. The lowest BCUT2D eigenvalue weighted by molar-refractivity contribution is 0.0967. The summed E-state index contributed by atoms with van der Waals surface area (Å²) in [5.41, 5.74) is 4.96. The Bertz CT molecular complexity index is 3100. The molecule has 17 nitrogen and oxygen atoms in total. The van der Waals surface area contributed by atoms with Crippen LogP contribution in [-0.4, -0.2) is 92.8 Å². The fourth-order valence-electron chi connectivity index (χ4n) is 10.6. The Hall–Kier alpha value is -5.56. The van der Waals surface area contributed by atoms with Crippen LogP contribution in [0.1, 0.15) is 137 Å². The highest BCUT2D eigenvalue weighted by atomic mass is 32.2. The molecule has 0 bridgehead atoms. The Balaban J connectivity index is 0.690. The number of aryl methyl sites for hydroxylation is 2. The van der Waals surface area contributed by atoms with Crippen molar-refractivity contribution >= 4 is 80.2 Å². The van der Waals surface area contributed by atoms with Crippen molar-refractivity contribution in [2.24, 2.45) is 0 Å². The van der Waals surface area contributed by atoms with Crippen molar-refractivity contribution in [3.63, 3.8) is 0 Å². The molecule has 1 aliphatic heterocycles. The van der Waals surface area contributed by atoms with E-state index in [0.29, 0.717) is 47.6 Å². The summed E-state index contributed by atoms with van der Waals surface area (Å²) >= 11 is 3.23. The molecule has 0 spiro atoms. The lowest BCUT2D eigenvalue weighted by atomic mass is 9.86. The summed E-state index contributed by atoms with van der Waals surface area (Å²) < 4.78 is 53.1. The summed E-state index contributed by atoms with van der Waals surface area (Å²) in [6.45, 7) is 7.51. The maximum Gasteiger partial charge on any atom is 0.407 e. The molecule has 0 radical (unpaired) electrons. The lowest BCUT2D eigenvalue weighted by Gasteiger charge is -2.28. The van der Waals surface area contributed by atoms with Crippen molar-refractivity contribution in [1.82, 2.24) is 41.0 Å². The quantitative estimate of drug-likeness (QED) is 0.0440. The first-order chi connectivity index (χ1) is 35.6. The number of ether oxygens (including phenoxy) is 2.